The van der Waals surface area contributed by atoms with Gasteiger partial charge in [-0.2, -0.15) is 0 Å². The lowest BCUT2D eigenvalue weighted by atomic mass is 9.84. The molecular formula is C19H26N2O2. The molecule has 0 spiro atoms. The van der Waals surface area contributed by atoms with Gasteiger partial charge in [0.15, 0.2) is 0 Å². The number of hydrogen-bond donors (Lipinski definition) is 0. The second-order valence-electron chi connectivity index (χ2n) is 6.92. The van der Waals surface area contributed by atoms with Gasteiger partial charge in [-0.1, -0.05) is 24.1 Å². The molecule has 2 amide bonds. The molecule has 23 heavy (non-hydrogen) atoms. The predicted molar refractivity (Wildman–Crippen MR) is 90.4 cm³/mol. The molecule has 1 heterocycles. The van der Waals surface area contributed by atoms with Crippen LogP contribution in [-0.4, -0.2) is 47.8 Å². The van der Waals surface area contributed by atoms with Crippen molar-refractivity contribution < 1.29 is 9.59 Å². The number of rotatable bonds is 2. The van der Waals surface area contributed by atoms with E-state index in [9.17, 15) is 9.59 Å². The van der Waals surface area contributed by atoms with Crippen LogP contribution in [0.3, 0.4) is 0 Å². The zero-order valence-electron chi connectivity index (χ0n) is 14.2. The Morgan fingerprint density at radius 1 is 0.957 bits per heavy atom. The van der Waals surface area contributed by atoms with Crippen LogP contribution in [0.4, 0.5) is 0 Å². The van der Waals surface area contributed by atoms with E-state index in [1.165, 1.54) is 6.42 Å². The second kappa shape index (κ2) is 6.73. The fourth-order valence-electron chi connectivity index (χ4n) is 3.39. The van der Waals surface area contributed by atoms with Crippen LogP contribution < -0.4 is 0 Å². The molecule has 0 bridgehead atoms. The summed E-state index contributed by atoms with van der Waals surface area (Å²) in [6, 6.07) is 6.01. The summed E-state index contributed by atoms with van der Waals surface area (Å²) < 4.78 is 0. The highest BCUT2D eigenvalue weighted by Crippen LogP contribution is 2.28. The van der Waals surface area contributed by atoms with Gasteiger partial charge in [-0.05, 0) is 44.7 Å². The average Bonchev–Trinajstić information content (AvgIpc) is 2.73. The molecule has 4 nitrogen and oxygen atoms in total. The van der Waals surface area contributed by atoms with Crippen LogP contribution in [0.5, 0.6) is 0 Å². The number of aryl methyl sites for hydroxylation is 2. The maximum Gasteiger partial charge on any atom is 0.254 e. The monoisotopic (exact) mass is 314 g/mol. The number of amides is 2. The molecule has 2 fully saturated rings. The molecule has 3 rings (SSSR count). The summed E-state index contributed by atoms with van der Waals surface area (Å²) in [6.07, 6.45) is 4.14. The van der Waals surface area contributed by atoms with Crippen LogP contribution >= 0.6 is 0 Å². The summed E-state index contributed by atoms with van der Waals surface area (Å²) in [7, 11) is 0. The Balaban J connectivity index is 1.66. The third kappa shape index (κ3) is 3.41. The smallest absolute Gasteiger partial charge is 0.254 e. The van der Waals surface area contributed by atoms with Crippen LogP contribution in [-0.2, 0) is 4.79 Å². The molecule has 1 aromatic rings. The van der Waals surface area contributed by atoms with Crippen molar-refractivity contribution >= 4 is 11.8 Å². The molecule has 124 valence electrons. The van der Waals surface area contributed by atoms with Crippen molar-refractivity contribution in [3.05, 3.63) is 34.9 Å². The van der Waals surface area contributed by atoms with Crippen LogP contribution in [0.1, 0.15) is 47.2 Å². The van der Waals surface area contributed by atoms with E-state index < -0.39 is 0 Å². The minimum absolute atomic E-state index is 0.101. The van der Waals surface area contributed by atoms with Crippen molar-refractivity contribution in [2.24, 2.45) is 5.92 Å². The van der Waals surface area contributed by atoms with Gasteiger partial charge in [-0.3, -0.25) is 9.59 Å². The van der Waals surface area contributed by atoms with Crippen LogP contribution in [0.2, 0.25) is 0 Å². The first-order valence-electron chi connectivity index (χ1n) is 8.71. The van der Waals surface area contributed by atoms with Gasteiger partial charge >= 0.3 is 0 Å². The molecular weight excluding hydrogens is 288 g/mol. The molecule has 0 radical (unpaired) electrons. The Kier molecular flexibility index (Phi) is 4.69. The maximum atomic E-state index is 12.8. The molecule has 1 saturated carbocycles. The fraction of sp³-hybridized carbons (Fsp3) is 0.579. The van der Waals surface area contributed by atoms with E-state index in [0.717, 1.165) is 49.0 Å². The van der Waals surface area contributed by atoms with Gasteiger partial charge < -0.3 is 9.80 Å². The summed E-state index contributed by atoms with van der Waals surface area (Å²) in [4.78, 5) is 29.1. The lowest BCUT2D eigenvalue weighted by molar-refractivity contribution is -0.138. The molecule has 0 N–H and O–H groups in total. The molecule has 1 aliphatic carbocycles. The molecule has 1 aliphatic heterocycles. The number of hydrogen-bond acceptors (Lipinski definition) is 2. The van der Waals surface area contributed by atoms with E-state index in [0.29, 0.717) is 19.0 Å². The van der Waals surface area contributed by atoms with Crippen LogP contribution in [0.15, 0.2) is 18.2 Å². The number of nitrogens with zero attached hydrogens (tertiary/aromatic N) is 2. The normalized spacial score (nSPS) is 19.2. The second-order valence-corrected chi connectivity index (χ2v) is 6.92. The number of carbonyl (C=O) groups excluding carboxylic acids is 2. The Bertz CT molecular complexity index is 607. The summed E-state index contributed by atoms with van der Waals surface area (Å²) in [6.45, 7) is 6.83. The SMILES string of the molecule is Cc1ccc(C)c(C(=O)N2CCCN(C(=O)C3CCC3)CC2)c1. The molecule has 1 saturated heterocycles. The van der Waals surface area contributed by atoms with Crippen molar-refractivity contribution in [3.8, 4) is 0 Å². The predicted octanol–water partition coefficient (Wildman–Crippen LogP) is 2.78. The van der Waals surface area contributed by atoms with Crippen molar-refractivity contribution in [1.82, 2.24) is 9.80 Å². The Labute approximate surface area is 138 Å². The Morgan fingerprint density at radius 2 is 1.65 bits per heavy atom. The quantitative estimate of drug-likeness (QED) is 0.842. The van der Waals surface area contributed by atoms with Gasteiger partial charge in [0.05, 0.1) is 0 Å². The third-order valence-corrected chi connectivity index (χ3v) is 5.17. The number of benzene rings is 1. The lowest BCUT2D eigenvalue weighted by Gasteiger charge is -2.31. The molecule has 1 aromatic carbocycles. The first-order chi connectivity index (χ1) is 11.1. The first kappa shape index (κ1) is 16.0. The maximum absolute atomic E-state index is 12.8. The van der Waals surface area contributed by atoms with Gasteiger partial charge in [-0.15, -0.1) is 0 Å². The van der Waals surface area contributed by atoms with Crippen LogP contribution in [0.25, 0.3) is 0 Å². The topological polar surface area (TPSA) is 40.6 Å². The molecule has 0 unspecified atom stereocenters. The van der Waals surface area contributed by atoms with E-state index >= 15 is 0 Å². The van der Waals surface area contributed by atoms with Gasteiger partial charge in [-0.25, -0.2) is 0 Å². The van der Waals surface area contributed by atoms with Gasteiger partial charge in [0.25, 0.3) is 5.91 Å². The van der Waals surface area contributed by atoms with Gasteiger partial charge in [0.2, 0.25) is 5.91 Å². The highest BCUT2D eigenvalue weighted by atomic mass is 16.2. The first-order valence-corrected chi connectivity index (χ1v) is 8.71. The third-order valence-electron chi connectivity index (χ3n) is 5.17. The van der Waals surface area contributed by atoms with Crippen molar-refractivity contribution in [2.45, 2.75) is 39.5 Å². The average molecular weight is 314 g/mol. The molecule has 0 atom stereocenters. The van der Waals surface area contributed by atoms with E-state index in [4.69, 9.17) is 0 Å². The minimum Gasteiger partial charge on any atom is -0.341 e. The van der Waals surface area contributed by atoms with E-state index in [1.807, 2.05) is 41.8 Å². The summed E-state index contributed by atoms with van der Waals surface area (Å²) >= 11 is 0. The molecule has 2 aliphatic rings. The highest BCUT2D eigenvalue weighted by molar-refractivity contribution is 5.96. The lowest BCUT2D eigenvalue weighted by Crippen LogP contribution is -2.41. The minimum atomic E-state index is 0.101. The summed E-state index contributed by atoms with van der Waals surface area (Å²) in [5.74, 6) is 0.651. The summed E-state index contributed by atoms with van der Waals surface area (Å²) in [5, 5.41) is 0. The zero-order chi connectivity index (χ0) is 16.4. The van der Waals surface area contributed by atoms with E-state index in [2.05, 4.69) is 0 Å². The number of carbonyl (C=O) groups is 2. The van der Waals surface area contributed by atoms with Crippen LogP contribution in [0, 0.1) is 19.8 Å². The van der Waals surface area contributed by atoms with Crippen molar-refractivity contribution in [1.29, 1.82) is 0 Å². The molecule has 4 heteroatoms. The standard InChI is InChI=1S/C19H26N2O2/c1-14-7-8-15(2)17(13-14)19(23)21-10-4-9-20(11-12-21)18(22)16-5-3-6-16/h7-8,13,16H,3-6,9-12H2,1-2H3. The van der Waals surface area contributed by atoms with Gasteiger partial charge in [0.1, 0.15) is 0 Å². The zero-order valence-corrected chi connectivity index (χ0v) is 14.2. The molecule has 0 aromatic heterocycles. The Hall–Kier alpha value is -1.84. The highest BCUT2D eigenvalue weighted by Gasteiger charge is 2.31. The van der Waals surface area contributed by atoms with Crippen molar-refractivity contribution in [2.75, 3.05) is 26.2 Å². The van der Waals surface area contributed by atoms with Gasteiger partial charge in [0, 0.05) is 37.7 Å². The largest absolute Gasteiger partial charge is 0.341 e. The summed E-state index contributed by atoms with van der Waals surface area (Å²) in [5.41, 5.74) is 2.92. The van der Waals surface area contributed by atoms with E-state index in [-0.39, 0.29) is 11.8 Å². The van der Waals surface area contributed by atoms with Crippen molar-refractivity contribution in [3.63, 3.8) is 0 Å². The van der Waals surface area contributed by atoms with E-state index in [1.54, 1.807) is 0 Å². The Morgan fingerprint density at radius 3 is 2.35 bits per heavy atom. The fourth-order valence-corrected chi connectivity index (χ4v) is 3.39.